The first-order valence-corrected chi connectivity index (χ1v) is 4.02. The Hall–Kier alpha value is -0.0400. The van der Waals surface area contributed by atoms with E-state index in [1.165, 1.54) is 0 Å². The smallest absolute Gasteiger partial charge is 0.303 e. The molecule has 0 bridgehead atoms. The van der Waals surface area contributed by atoms with Crippen molar-refractivity contribution < 1.29 is 18.0 Å². The van der Waals surface area contributed by atoms with E-state index in [0.717, 1.165) is 0 Å². The number of thiol groups is 1. The van der Waals surface area contributed by atoms with Gasteiger partial charge < -0.3 is 4.72 Å². The van der Waals surface area contributed by atoms with Crippen LogP contribution < -0.4 is 4.72 Å². The Morgan fingerprint density at radius 1 is 1.55 bits per heavy atom. The Bertz CT molecular complexity index is 138. The zero-order valence-corrected chi connectivity index (χ0v) is 7.02. The first-order chi connectivity index (χ1) is 4.95. The lowest BCUT2D eigenvalue weighted by atomic mass is 10.5. The molecule has 0 aliphatic carbocycles. The van der Waals surface area contributed by atoms with Gasteiger partial charge in [0, 0.05) is 12.2 Å². The number of amides is 1. The van der Waals surface area contributed by atoms with Crippen LogP contribution in [0.1, 0.15) is 6.42 Å². The maximum Gasteiger partial charge on any atom is 0.441 e. The van der Waals surface area contributed by atoms with Gasteiger partial charge in [0.25, 0.3) is 0 Å². The number of alkyl halides is 3. The van der Waals surface area contributed by atoms with Gasteiger partial charge in [0.15, 0.2) is 0 Å². The van der Waals surface area contributed by atoms with Gasteiger partial charge in [0.1, 0.15) is 0 Å². The predicted octanol–water partition coefficient (Wildman–Crippen LogP) is 1.59. The standard InChI is InChI=1S/C4H6F3NOS2/c5-4(6,7)11-2-1-3(9)8-10/h10H,1-2H2,(H,8,9). The molecule has 0 atom stereocenters. The van der Waals surface area contributed by atoms with Crippen molar-refractivity contribution in [1.29, 1.82) is 0 Å². The van der Waals surface area contributed by atoms with Gasteiger partial charge in [-0.2, -0.15) is 13.2 Å². The molecule has 0 heterocycles. The highest BCUT2D eigenvalue weighted by atomic mass is 32.2. The lowest BCUT2D eigenvalue weighted by Gasteiger charge is -2.03. The van der Waals surface area contributed by atoms with Crippen molar-refractivity contribution in [3.8, 4) is 0 Å². The number of hydrogen-bond acceptors (Lipinski definition) is 3. The quantitative estimate of drug-likeness (QED) is 0.685. The number of carbonyl (C=O) groups is 1. The largest absolute Gasteiger partial charge is 0.441 e. The Kier molecular flexibility index (Phi) is 4.74. The van der Waals surface area contributed by atoms with Crippen molar-refractivity contribution in [2.24, 2.45) is 0 Å². The molecule has 0 aliphatic heterocycles. The molecule has 0 aromatic heterocycles. The minimum Gasteiger partial charge on any atom is -0.303 e. The summed E-state index contributed by atoms with van der Waals surface area (Å²) in [6.45, 7) is 0. The number of hydrogen-bond donors (Lipinski definition) is 2. The highest BCUT2D eigenvalue weighted by Gasteiger charge is 2.27. The van der Waals surface area contributed by atoms with Gasteiger partial charge in [-0.1, -0.05) is 24.6 Å². The Morgan fingerprint density at radius 2 is 2.09 bits per heavy atom. The molecule has 0 aromatic rings. The van der Waals surface area contributed by atoms with Gasteiger partial charge in [-0.25, -0.2) is 0 Å². The average Bonchev–Trinajstić information content (AvgIpc) is 1.85. The van der Waals surface area contributed by atoms with E-state index < -0.39 is 11.4 Å². The minimum absolute atomic E-state index is 0.173. The van der Waals surface area contributed by atoms with Crippen LogP contribution in [0.5, 0.6) is 0 Å². The number of carbonyl (C=O) groups excluding carboxylic acids is 1. The molecule has 0 radical (unpaired) electrons. The van der Waals surface area contributed by atoms with E-state index in [0.29, 0.717) is 0 Å². The van der Waals surface area contributed by atoms with E-state index in [4.69, 9.17) is 0 Å². The molecule has 0 aliphatic rings. The summed E-state index contributed by atoms with van der Waals surface area (Å²) >= 11 is 3.15. The van der Waals surface area contributed by atoms with Gasteiger partial charge in [-0.05, 0) is 0 Å². The van der Waals surface area contributed by atoms with Gasteiger partial charge in [-0.3, -0.25) is 4.79 Å². The van der Waals surface area contributed by atoms with Gasteiger partial charge in [-0.15, -0.1) is 0 Å². The summed E-state index contributed by atoms with van der Waals surface area (Å²) in [5, 5.41) is 0. The minimum atomic E-state index is -4.25. The lowest BCUT2D eigenvalue weighted by molar-refractivity contribution is -0.118. The summed E-state index contributed by atoms with van der Waals surface area (Å²) in [6, 6.07) is 0. The molecule has 0 spiro atoms. The molecule has 1 N–H and O–H groups in total. The zero-order valence-electron chi connectivity index (χ0n) is 5.31. The molecule has 0 unspecified atom stereocenters. The van der Waals surface area contributed by atoms with Crippen LogP contribution in [0.15, 0.2) is 0 Å². The first kappa shape index (κ1) is 11.0. The number of thioether (sulfide) groups is 1. The number of halogens is 3. The van der Waals surface area contributed by atoms with Crippen molar-refractivity contribution in [3.05, 3.63) is 0 Å². The van der Waals surface area contributed by atoms with Crippen LogP contribution in [-0.2, 0) is 4.79 Å². The molecule has 7 heteroatoms. The summed E-state index contributed by atoms with van der Waals surface area (Å²) in [7, 11) is 0. The van der Waals surface area contributed by atoms with Gasteiger partial charge in [0.05, 0.1) is 0 Å². The molecular weight excluding hydrogens is 199 g/mol. The summed E-state index contributed by atoms with van der Waals surface area (Å²) in [4.78, 5) is 10.3. The molecule has 1 amide bonds. The van der Waals surface area contributed by atoms with Gasteiger partial charge >= 0.3 is 5.51 Å². The SMILES string of the molecule is O=C(CCSC(F)(F)F)NS. The summed E-state index contributed by atoms with van der Waals surface area (Å²) in [5.74, 6) is -0.777. The molecule has 0 rings (SSSR count). The Labute approximate surface area is 71.5 Å². The Morgan fingerprint density at radius 3 is 2.45 bits per heavy atom. The number of rotatable bonds is 3. The molecule has 66 valence electrons. The second-order valence-corrected chi connectivity index (χ2v) is 2.96. The van der Waals surface area contributed by atoms with Crippen LogP contribution >= 0.6 is 24.6 Å². The summed E-state index contributed by atoms with van der Waals surface area (Å²) in [6.07, 6.45) is -0.173. The van der Waals surface area contributed by atoms with E-state index >= 15 is 0 Å². The fourth-order valence-electron chi connectivity index (χ4n) is 0.315. The van der Waals surface area contributed by atoms with E-state index in [2.05, 4.69) is 12.8 Å². The normalized spacial score (nSPS) is 11.3. The van der Waals surface area contributed by atoms with E-state index in [1.807, 2.05) is 4.72 Å². The molecule has 11 heavy (non-hydrogen) atoms. The van der Waals surface area contributed by atoms with Crippen LogP contribution in [0.25, 0.3) is 0 Å². The van der Waals surface area contributed by atoms with Crippen LogP contribution in [0, 0.1) is 0 Å². The zero-order chi connectivity index (χ0) is 8.91. The van der Waals surface area contributed by atoms with Crippen molar-refractivity contribution in [1.82, 2.24) is 4.72 Å². The third-order valence-electron chi connectivity index (χ3n) is 0.720. The monoisotopic (exact) mass is 205 g/mol. The Balaban J connectivity index is 3.35. The summed E-state index contributed by atoms with van der Waals surface area (Å²) < 4.78 is 36.2. The fourth-order valence-corrected chi connectivity index (χ4v) is 0.946. The van der Waals surface area contributed by atoms with E-state index in [-0.39, 0.29) is 23.9 Å². The van der Waals surface area contributed by atoms with E-state index in [1.54, 1.807) is 0 Å². The molecule has 2 nitrogen and oxygen atoms in total. The second-order valence-electron chi connectivity index (χ2n) is 1.58. The van der Waals surface area contributed by atoms with Crippen molar-refractivity contribution in [2.45, 2.75) is 11.9 Å². The molecule has 0 saturated carbocycles. The third kappa shape index (κ3) is 7.86. The fraction of sp³-hybridized carbons (Fsp3) is 0.750. The average molecular weight is 205 g/mol. The lowest BCUT2D eigenvalue weighted by Crippen LogP contribution is -2.14. The van der Waals surface area contributed by atoms with Crippen LogP contribution in [0.3, 0.4) is 0 Å². The maximum atomic E-state index is 11.4. The molecule has 0 aromatic carbocycles. The predicted molar refractivity (Wildman–Crippen MR) is 40.3 cm³/mol. The summed E-state index contributed by atoms with van der Waals surface area (Å²) in [5.41, 5.74) is -4.25. The second kappa shape index (κ2) is 4.76. The third-order valence-corrected chi connectivity index (χ3v) is 1.70. The van der Waals surface area contributed by atoms with Crippen LogP contribution in [-0.4, -0.2) is 17.2 Å². The maximum absolute atomic E-state index is 11.4. The van der Waals surface area contributed by atoms with E-state index in [9.17, 15) is 18.0 Å². The van der Waals surface area contributed by atoms with Crippen LogP contribution in [0.4, 0.5) is 13.2 Å². The molecule has 0 fully saturated rings. The van der Waals surface area contributed by atoms with Crippen LogP contribution in [0.2, 0.25) is 0 Å². The van der Waals surface area contributed by atoms with Gasteiger partial charge in [0.2, 0.25) is 5.91 Å². The van der Waals surface area contributed by atoms with Crippen molar-refractivity contribution in [3.63, 3.8) is 0 Å². The highest BCUT2D eigenvalue weighted by Crippen LogP contribution is 2.30. The number of nitrogens with one attached hydrogen (secondary N) is 1. The molecular formula is C4H6F3NOS2. The topological polar surface area (TPSA) is 29.1 Å². The highest BCUT2D eigenvalue weighted by molar-refractivity contribution is 8.00. The van der Waals surface area contributed by atoms with Crippen molar-refractivity contribution in [2.75, 3.05) is 5.75 Å². The molecule has 0 saturated heterocycles. The first-order valence-electron chi connectivity index (χ1n) is 2.59. The van der Waals surface area contributed by atoms with Crippen molar-refractivity contribution >= 4 is 30.5 Å².